The summed E-state index contributed by atoms with van der Waals surface area (Å²) in [6, 6.07) is 18.7. The zero-order valence-electron chi connectivity index (χ0n) is 29.6. The number of esters is 1. The Morgan fingerprint density at radius 1 is 0.960 bits per heavy atom. The maximum Gasteiger partial charge on any atom is 0.305 e. The summed E-state index contributed by atoms with van der Waals surface area (Å²) in [6.07, 6.45) is 3.80. The fraction of sp³-hybridized carbons (Fsp3) is 0.439. The summed E-state index contributed by atoms with van der Waals surface area (Å²) in [6.45, 7) is 7.76. The van der Waals surface area contributed by atoms with Gasteiger partial charge in [0, 0.05) is 62.1 Å². The van der Waals surface area contributed by atoms with E-state index in [0.717, 1.165) is 46.4 Å². The molecule has 2 bridgehead atoms. The average molecular weight is 682 g/mol. The number of amides is 2. The minimum atomic E-state index is -0.390. The number of nitrogens with zero attached hydrogens (tertiary/aromatic N) is 2. The van der Waals surface area contributed by atoms with Crippen molar-refractivity contribution in [3.63, 3.8) is 0 Å². The second-order valence-corrected chi connectivity index (χ2v) is 14.0. The van der Waals surface area contributed by atoms with E-state index in [1.165, 1.54) is 18.7 Å². The number of ether oxygens (including phenoxy) is 2. The normalized spacial score (nSPS) is 18.5. The third-order valence-corrected chi connectivity index (χ3v) is 10.3. The number of fused-ring (bicyclic) bond motifs is 2. The van der Waals surface area contributed by atoms with Crippen molar-refractivity contribution in [2.75, 3.05) is 26.8 Å². The molecule has 1 saturated heterocycles. The molecule has 3 aliphatic rings. The van der Waals surface area contributed by atoms with Crippen LogP contribution in [0.5, 0.6) is 5.75 Å². The van der Waals surface area contributed by atoms with Crippen molar-refractivity contribution < 1.29 is 28.2 Å². The lowest BCUT2D eigenvalue weighted by Gasteiger charge is -2.45. The van der Waals surface area contributed by atoms with E-state index < -0.39 is 6.04 Å². The molecule has 8 nitrogen and oxygen atoms in total. The molecule has 2 fully saturated rings. The van der Waals surface area contributed by atoms with Gasteiger partial charge in [0.25, 0.3) is 5.91 Å². The molecule has 1 N–H and O–H groups in total. The second kappa shape index (κ2) is 15.6. The summed E-state index contributed by atoms with van der Waals surface area (Å²) >= 11 is 0. The fourth-order valence-corrected chi connectivity index (χ4v) is 7.37. The lowest BCUT2D eigenvalue weighted by atomic mass is 9.81. The molecule has 0 radical (unpaired) electrons. The van der Waals surface area contributed by atoms with E-state index in [1.807, 2.05) is 21.9 Å². The van der Waals surface area contributed by atoms with Gasteiger partial charge in [0.1, 0.15) is 11.6 Å². The van der Waals surface area contributed by atoms with Gasteiger partial charge in [0.05, 0.1) is 19.8 Å². The molecule has 6 rings (SSSR count). The lowest BCUT2D eigenvalue weighted by molar-refractivity contribution is -0.141. The average Bonchev–Trinajstić information content (AvgIpc) is 3.95. The summed E-state index contributed by atoms with van der Waals surface area (Å²) in [5.41, 5.74) is 7.72. The zero-order chi connectivity index (χ0) is 35.4. The third-order valence-electron chi connectivity index (χ3n) is 10.3. The predicted octanol–water partition coefficient (Wildman–Crippen LogP) is 6.23. The molecule has 1 aliphatic carbocycles. The van der Waals surface area contributed by atoms with E-state index in [9.17, 15) is 18.8 Å². The quantitative estimate of drug-likeness (QED) is 0.215. The van der Waals surface area contributed by atoms with Gasteiger partial charge < -0.3 is 24.6 Å². The molecule has 2 heterocycles. The Hall–Kier alpha value is -4.50. The first-order valence-electron chi connectivity index (χ1n) is 17.8. The highest BCUT2D eigenvalue weighted by atomic mass is 19.1. The van der Waals surface area contributed by atoms with Crippen LogP contribution in [0.15, 0.2) is 66.2 Å². The largest absolute Gasteiger partial charge is 0.493 e. The van der Waals surface area contributed by atoms with Crippen molar-refractivity contribution in [3.05, 3.63) is 105 Å². The summed E-state index contributed by atoms with van der Waals surface area (Å²) in [5.74, 6) is 0.0753. The smallest absolute Gasteiger partial charge is 0.305 e. The zero-order valence-corrected chi connectivity index (χ0v) is 29.6. The Morgan fingerprint density at radius 2 is 1.70 bits per heavy atom. The first kappa shape index (κ1) is 35.3. The number of hydrogen-bond donors (Lipinski definition) is 1. The van der Waals surface area contributed by atoms with E-state index in [2.05, 4.69) is 50.4 Å². The number of carbonyl (C=O) groups excluding carboxylic acids is 3. The third kappa shape index (κ3) is 8.10. The Labute approximate surface area is 294 Å². The molecule has 0 spiro atoms. The molecular formula is C41H48FN3O5. The number of methoxy groups -OCH3 is 1. The van der Waals surface area contributed by atoms with Crippen LogP contribution in [0.2, 0.25) is 0 Å². The van der Waals surface area contributed by atoms with Crippen LogP contribution in [0.25, 0.3) is 5.57 Å². The summed E-state index contributed by atoms with van der Waals surface area (Å²) < 4.78 is 26.0. The van der Waals surface area contributed by atoms with Crippen molar-refractivity contribution in [3.8, 4) is 5.75 Å². The predicted molar refractivity (Wildman–Crippen MR) is 191 cm³/mol. The Bertz CT molecular complexity index is 1780. The summed E-state index contributed by atoms with van der Waals surface area (Å²) in [4.78, 5) is 43.6. The fourth-order valence-electron chi connectivity index (χ4n) is 7.37. The van der Waals surface area contributed by atoms with Crippen LogP contribution in [0, 0.1) is 26.6 Å². The summed E-state index contributed by atoms with van der Waals surface area (Å²) in [5, 5.41) is 3.67. The van der Waals surface area contributed by atoms with E-state index >= 15 is 0 Å². The van der Waals surface area contributed by atoms with Crippen LogP contribution in [-0.4, -0.2) is 72.5 Å². The number of rotatable bonds is 13. The van der Waals surface area contributed by atoms with Crippen LogP contribution in [0.4, 0.5) is 4.39 Å². The first-order valence-corrected chi connectivity index (χ1v) is 17.8. The van der Waals surface area contributed by atoms with Crippen LogP contribution in [0.3, 0.4) is 0 Å². The number of piperazine rings is 1. The van der Waals surface area contributed by atoms with Gasteiger partial charge in [-0.05, 0) is 92.0 Å². The Kier molecular flexibility index (Phi) is 11.0. The molecule has 1 saturated carbocycles. The highest BCUT2D eigenvalue weighted by molar-refractivity contribution is 6.04. The van der Waals surface area contributed by atoms with Gasteiger partial charge in [0.15, 0.2) is 0 Å². The second-order valence-electron chi connectivity index (χ2n) is 14.0. The van der Waals surface area contributed by atoms with Gasteiger partial charge in [-0.3, -0.25) is 14.4 Å². The van der Waals surface area contributed by atoms with Gasteiger partial charge >= 0.3 is 5.97 Å². The lowest BCUT2D eigenvalue weighted by Crippen LogP contribution is -2.62. The number of benzene rings is 3. The van der Waals surface area contributed by atoms with Crippen molar-refractivity contribution in [2.24, 2.45) is 0 Å². The number of aryl methyl sites for hydroxylation is 2. The van der Waals surface area contributed by atoms with Gasteiger partial charge in [-0.15, -0.1) is 0 Å². The molecular weight excluding hydrogens is 633 g/mol. The molecule has 3 aromatic carbocycles. The van der Waals surface area contributed by atoms with Gasteiger partial charge in [-0.2, -0.15) is 0 Å². The minimum absolute atomic E-state index is 0.0368. The van der Waals surface area contributed by atoms with Crippen molar-refractivity contribution >= 4 is 23.4 Å². The topological polar surface area (TPSA) is 88.2 Å². The van der Waals surface area contributed by atoms with Gasteiger partial charge in [0.2, 0.25) is 5.91 Å². The van der Waals surface area contributed by atoms with Crippen molar-refractivity contribution in [2.45, 2.75) is 90.4 Å². The molecule has 9 heteroatoms. The molecule has 2 aliphatic heterocycles. The molecule has 2 amide bonds. The molecule has 0 unspecified atom stereocenters. The van der Waals surface area contributed by atoms with E-state index in [-0.39, 0.29) is 55.1 Å². The van der Waals surface area contributed by atoms with Crippen LogP contribution in [0.1, 0.15) is 71.9 Å². The van der Waals surface area contributed by atoms with E-state index in [4.69, 9.17) is 9.47 Å². The van der Waals surface area contributed by atoms with E-state index in [1.54, 1.807) is 18.2 Å². The number of nitrogens with one attached hydrogen (secondary N) is 1. The number of halogens is 1. The molecule has 3 aromatic rings. The molecule has 2 atom stereocenters. The summed E-state index contributed by atoms with van der Waals surface area (Å²) in [7, 11) is 1.35. The highest BCUT2D eigenvalue weighted by Gasteiger charge is 2.43. The maximum absolute atomic E-state index is 14.9. The first-order chi connectivity index (χ1) is 24.1. The molecule has 0 aromatic heterocycles. The van der Waals surface area contributed by atoms with Gasteiger partial charge in [-0.1, -0.05) is 48.5 Å². The minimum Gasteiger partial charge on any atom is -0.493 e. The monoisotopic (exact) mass is 681 g/mol. The highest BCUT2D eigenvalue weighted by Crippen LogP contribution is 2.39. The number of hydrogen-bond acceptors (Lipinski definition) is 6. The molecule has 264 valence electrons. The van der Waals surface area contributed by atoms with E-state index in [0.29, 0.717) is 50.1 Å². The van der Waals surface area contributed by atoms with Crippen molar-refractivity contribution in [1.29, 1.82) is 0 Å². The van der Waals surface area contributed by atoms with Crippen LogP contribution in [-0.2, 0) is 32.1 Å². The number of carbonyl (C=O) groups is 3. The molecule has 50 heavy (non-hydrogen) atoms. The standard InChI is InChI=1S/C41H48FN3O5/c1-26-20-27(2)28(3)37(21-26)50-19-18-29-10-5-7-12-33(29)34-22-31-24-44(38(46)14-9-15-39(47)49-4)25-36(43-31)40(34)41(48)45(32-16-17-32)23-30-11-6-8-13-35(30)42/h5-8,10-13,20-21,31-32,36,43H,9,14-19,22-25H2,1-4H3/t31-,36-/m1/s1. The Balaban J connectivity index is 1.32. The van der Waals surface area contributed by atoms with Gasteiger partial charge in [-0.25, -0.2) is 4.39 Å². The van der Waals surface area contributed by atoms with Crippen LogP contribution < -0.4 is 10.1 Å². The van der Waals surface area contributed by atoms with Crippen molar-refractivity contribution in [1.82, 2.24) is 15.1 Å². The van der Waals surface area contributed by atoms with Crippen LogP contribution >= 0.6 is 0 Å². The SMILES string of the molecule is COC(=O)CCCC(=O)N1C[C@H]2CC(c3ccccc3CCOc3cc(C)cc(C)c3C)=C(C(=O)N(Cc3ccccc3F)C3CC3)[C@@H](C1)N2. The Morgan fingerprint density at radius 3 is 2.44 bits per heavy atom. The maximum atomic E-state index is 14.9.